The van der Waals surface area contributed by atoms with Gasteiger partial charge in [0.15, 0.2) is 0 Å². The van der Waals surface area contributed by atoms with Gasteiger partial charge in [0.05, 0.1) is 29.9 Å². The summed E-state index contributed by atoms with van der Waals surface area (Å²) in [6.07, 6.45) is 0.162. The zero-order chi connectivity index (χ0) is 26.0. The molecular formula is C29H31BN6O2. The van der Waals surface area contributed by atoms with Crippen LogP contribution >= 0.6 is 0 Å². The van der Waals surface area contributed by atoms with Crippen LogP contribution in [-0.4, -0.2) is 81.8 Å². The summed E-state index contributed by atoms with van der Waals surface area (Å²) in [5.41, 5.74) is 12.3. The van der Waals surface area contributed by atoms with E-state index in [0.29, 0.717) is 23.3 Å². The molecule has 2 N–H and O–H groups in total. The molecule has 2 atom stereocenters. The first-order chi connectivity index (χ1) is 18.4. The minimum atomic E-state index is -0.200. The number of hydrogen-bond donors (Lipinski definition) is 1. The predicted octanol–water partition coefficient (Wildman–Crippen LogP) is 1.38. The molecule has 0 amide bonds. The Morgan fingerprint density at radius 3 is 2.74 bits per heavy atom. The highest BCUT2D eigenvalue weighted by atomic mass is 16.5. The second-order valence-electron chi connectivity index (χ2n) is 11.3. The summed E-state index contributed by atoms with van der Waals surface area (Å²) in [6, 6.07) is 16.9. The van der Waals surface area contributed by atoms with Crippen molar-refractivity contribution in [3.63, 3.8) is 0 Å². The fourth-order valence-corrected chi connectivity index (χ4v) is 6.64. The lowest BCUT2D eigenvalue weighted by Crippen LogP contribution is -2.62. The summed E-state index contributed by atoms with van der Waals surface area (Å²) < 4.78 is 12.8. The Balaban J connectivity index is 1.04. The van der Waals surface area contributed by atoms with E-state index in [4.69, 9.17) is 23.1 Å². The van der Waals surface area contributed by atoms with Crippen molar-refractivity contribution in [1.29, 1.82) is 5.26 Å². The monoisotopic (exact) mass is 506 g/mol. The molecule has 3 saturated heterocycles. The quantitative estimate of drug-likeness (QED) is 0.531. The summed E-state index contributed by atoms with van der Waals surface area (Å²) >= 11 is 0. The van der Waals surface area contributed by atoms with Crippen LogP contribution in [0, 0.1) is 11.3 Å². The van der Waals surface area contributed by atoms with Crippen molar-refractivity contribution >= 4 is 35.7 Å². The summed E-state index contributed by atoms with van der Waals surface area (Å²) in [4.78, 5) is 11.6. The SMILES string of the molecule is [B]c1ccc2c(N3C[C@H](CN4CC5(C4)OCc4cc(N6CC(N)C6)ccc45)O[C@H](C)C3)ccc(C#N)c2n1. The number of anilines is 2. The standard InChI is InChI=1S/C29H31BN6O2/c1-18-10-36(26-6-2-19(9-31)28-24(26)4-7-27(30)33-28)14-23(38-18)13-34-16-29(17-34)25-5-3-22(8-20(25)15-37-29)35-11-21(32)12-35/h2-8,18,21,23H,10-17,32H2,1H3/t18-,23+/m1/s1. The van der Waals surface area contributed by atoms with Crippen molar-refractivity contribution in [2.24, 2.45) is 5.73 Å². The van der Waals surface area contributed by atoms with Crippen molar-refractivity contribution in [2.45, 2.75) is 37.4 Å². The normalized spacial score (nSPS) is 24.8. The number of benzene rings is 2. The van der Waals surface area contributed by atoms with E-state index in [0.717, 1.165) is 56.9 Å². The zero-order valence-corrected chi connectivity index (χ0v) is 21.6. The molecule has 4 aliphatic heterocycles. The van der Waals surface area contributed by atoms with E-state index in [1.165, 1.54) is 16.8 Å². The molecule has 1 spiro atoms. The number of morpholine rings is 1. The molecule has 8 nitrogen and oxygen atoms in total. The molecule has 192 valence electrons. The van der Waals surface area contributed by atoms with E-state index in [9.17, 15) is 5.26 Å². The van der Waals surface area contributed by atoms with Crippen LogP contribution < -0.4 is 21.1 Å². The molecule has 2 radical (unpaired) electrons. The Labute approximate surface area is 224 Å². The largest absolute Gasteiger partial charge is 0.370 e. The second-order valence-corrected chi connectivity index (χ2v) is 11.3. The molecule has 0 unspecified atom stereocenters. The van der Waals surface area contributed by atoms with Gasteiger partial charge in [-0.15, -0.1) is 0 Å². The maximum atomic E-state index is 9.57. The van der Waals surface area contributed by atoms with Crippen LogP contribution in [0.2, 0.25) is 0 Å². The minimum Gasteiger partial charge on any atom is -0.370 e. The van der Waals surface area contributed by atoms with Gasteiger partial charge in [-0.25, -0.2) is 0 Å². The maximum Gasteiger partial charge on any atom is 0.141 e. The topological polar surface area (TPSA) is 90.9 Å². The number of nitrogens with two attached hydrogens (primary N) is 1. The van der Waals surface area contributed by atoms with Crippen LogP contribution in [0.4, 0.5) is 11.4 Å². The molecule has 3 fully saturated rings. The predicted molar refractivity (Wildman–Crippen MR) is 148 cm³/mol. The first-order valence-electron chi connectivity index (χ1n) is 13.4. The van der Waals surface area contributed by atoms with Crippen molar-refractivity contribution < 1.29 is 9.47 Å². The van der Waals surface area contributed by atoms with Crippen LogP contribution in [0.5, 0.6) is 0 Å². The molecule has 1 aromatic heterocycles. The molecule has 5 heterocycles. The lowest BCUT2D eigenvalue weighted by atomic mass is 9.84. The van der Waals surface area contributed by atoms with Crippen LogP contribution in [0.25, 0.3) is 10.9 Å². The number of fused-ring (bicyclic) bond motifs is 3. The van der Waals surface area contributed by atoms with E-state index in [1.54, 1.807) is 6.07 Å². The fourth-order valence-electron chi connectivity index (χ4n) is 6.64. The summed E-state index contributed by atoms with van der Waals surface area (Å²) in [6.45, 7) is 8.82. The van der Waals surface area contributed by atoms with Crippen molar-refractivity contribution in [1.82, 2.24) is 9.88 Å². The van der Waals surface area contributed by atoms with Gasteiger partial charge in [0, 0.05) is 68.6 Å². The van der Waals surface area contributed by atoms with Crippen LogP contribution in [0.1, 0.15) is 23.6 Å². The van der Waals surface area contributed by atoms with E-state index in [-0.39, 0.29) is 23.9 Å². The molecule has 2 aromatic carbocycles. The second kappa shape index (κ2) is 8.96. The average Bonchev–Trinajstić information content (AvgIpc) is 3.24. The molecular weight excluding hydrogens is 475 g/mol. The van der Waals surface area contributed by atoms with E-state index in [1.807, 2.05) is 18.2 Å². The number of likely N-dealkylation sites (tertiary alicyclic amines) is 1. The van der Waals surface area contributed by atoms with Gasteiger partial charge < -0.3 is 25.0 Å². The number of rotatable bonds is 4. The summed E-state index contributed by atoms with van der Waals surface area (Å²) in [5.74, 6) is 0. The molecule has 38 heavy (non-hydrogen) atoms. The Morgan fingerprint density at radius 2 is 1.95 bits per heavy atom. The molecule has 0 bridgehead atoms. The number of hydrogen-bond acceptors (Lipinski definition) is 8. The first-order valence-corrected chi connectivity index (χ1v) is 13.4. The van der Waals surface area contributed by atoms with E-state index in [2.05, 4.69) is 50.9 Å². The smallest absolute Gasteiger partial charge is 0.141 e. The molecule has 4 aliphatic rings. The third-order valence-electron chi connectivity index (χ3n) is 8.42. The van der Waals surface area contributed by atoms with Gasteiger partial charge >= 0.3 is 0 Å². The van der Waals surface area contributed by atoms with E-state index >= 15 is 0 Å². The lowest BCUT2D eigenvalue weighted by Gasteiger charge is -2.50. The highest BCUT2D eigenvalue weighted by molar-refractivity contribution is 6.31. The number of aromatic nitrogens is 1. The van der Waals surface area contributed by atoms with Crippen molar-refractivity contribution in [2.75, 3.05) is 55.6 Å². The number of ether oxygens (including phenoxy) is 2. The van der Waals surface area contributed by atoms with Gasteiger partial charge in [-0.05, 0) is 54.0 Å². The summed E-state index contributed by atoms with van der Waals surface area (Å²) in [5, 5.41) is 10.5. The zero-order valence-electron chi connectivity index (χ0n) is 21.6. The average molecular weight is 506 g/mol. The van der Waals surface area contributed by atoms with Crippen LogP contribution in [-0.2, 0) is 21.7 Å². The summed E-state index contributed by atoms with van der Waals surface area (Å²) in [7, 11) is 5.93. The number of nitriles is 1. The molecule has 0 aliphatic carbocycles. The Morgan fingerprint density at radius 1 is 1.11 bits per heavy atom. The highest BCUT2D eigenvalue weighted by Gasteiger charge is 2.50. The Hall–Kier alpha value is -3.16. The van der Waals surface area contributed by atoms with Crippen molar-refractivity contribution in [3.05, 3.63) is 59.2 Å². The number of nitrogens with zero attached hydrogens (tertiary/aromatic N) is 5. The molecule has 3 aromatic rings. The molecule has 0 saturated carbocycles. The van der Waals surface area contributed by atoms with Gasteiger partial charge in [-0.3, -0.25) is 9.88 Å². The maximum absolute atomic E-state index is 9.57. The van der Waals surface area contributed by atoms with Crippen LogP contribution in [0.15, 0.2) is 42.5 Å². The Kier molecular flexibility index (Phi) is 5.64. The van der Waals surface area contributed by atoms with Gasteiger partial charge in [0.2, 0.25) is 0 Å². The van der Waals surface area contributed by atoms with Gasteiger partial charge in [-0.1, -0.05) is 12.1 Å². The van der Waals surface area contributed by atoms with Gasteiger partial charge in [-0.2, -0.15) is 5.26 Å². The molecule has 7 rings (SSSR count). The first kappa shape index (κ1) is 23.9. The minimum absolute atomic E-state index is 0.0717. The lowest BCUT2D eigenvalue weighted by molar-refractivity contribution is -0.155. The Bertz CT molecular complexity index is 1440. The van der Waals surface area contributed by atoms with Gasteiger partial charge in [0.1, 0.15) is 19.5 Å². The number of pyridine rings is 1. The van der Waals surface area contributed by atoms with Gasteiger partial charge in [0.25, 0.3) is 0 Å². The fraction of sp³-hybridized carbons (Fsp3) is 0.448. The molecule has 9 heteroatoms. The van der Waals surface area contributed by atoms with Crippen LogP contribution in [0.3, 0.4) is 0 Å². The third-order valence-corrected chi connectivity index (χ3v) is 8.42. The van der Waals surface area contributed by atoms with E-state index < -0.39 is 0 Å². The third kappa shape index (κ3) is 3.95. The van der Waals surface area contributed by atoms with Crippen molar-refractivity contribution in [3.8, 4) is 6.07 Å². The highest BCUT2D eigenvalue weighted by Crippen LogP contribution is 2.45.